The summed E-state index contributed by atoms with van der Waals surface area (Å²) in [4.78, 5) is 20.2. The summed E-state index contributed by atoms with van der Waals surface area (Å²) >= 11 is 0. The normalized spacial score (nSPS) is 30.2. The predicted octanol–water partition coefficient (Wildman–Crippen LogP) is 0.904. The number of nitrogens with one attached hydrogen (secondary N) is 1. The van der Waals surface area contributed by atoms with Gasteiger partial charge >= 0.3 is 5.97 Å². The van der Waals surface area contributed by atoms with E-state index in [0.29, 0.717) is 11.5 Å². The van der Waals surface area contributed by atoms with E-state index >= 15 is 0 Å². The summed E-state index contributed by atoms with van der Waals surface area (Å²) in [6, 6.07) is 0. The second kappa shape index (κ2) is 4.31. The maximum atomic E-state index is 11.8. The molecule has 2 atom stereocenters. The van der Waals surface area contributed by atoms with Crippen molar-refractivity contribution >= 4 is 5.97 Å². The molecule has 3 rings (SSSR count). The Kier molecular flexibility index (Phi) is 2.78. The number of hydrogen-bond acceptors (Lipinski definition) is 5. The predicted molar refractivity (Wildman–Crippen MR) is 65.3 cm³/mol. The van der Waals surface area contributed by atoms with Crippen molar-refractivity contribution in [3.8, 4) is 0 Å². The molecule has 1 aliphatic heterocycles. The summed E-state index contributed by atoms with van der Waals surface area (Å²) in [5, 5.41) is 3.46. The van der Waals surface area contributed by atoms with E-state index in [4.69, 9.17) is 4.74 Å². The van der Waals surface area contributed by atoms with Crippen LogP contribution in [0.4, 0.5) is 0 Å². The van der Waals surface area contributed by atoms with Crippen molar-refractivity contribution in [2.24, 2.45) is 5.92 Å². The smallest absolute Gasteiger partial charge is 0.341 e. The Hall–Kier alpha value is -1.49. The Bertz CT molecular complexity index is 473. The van der Waals surface area contributed by atoms with E-state index in [2.05, 4.69) is 15.3 Å². The van der Waals surface area contributed by atoms with Crippen LogP contribution < -0.4 is 5.32 Å². The zero-order valence-corrected chi connectivity index (χ0v) is 10.5. The van der Waals surface area contributed by atoms with Crippen molar-refractivity contribution in [2.75, 3.05) is 20.2 Å². The van der Waals surface area contributed by atoms with Gasteiger partial charge in [0, 0.05) is 18.2 Å². The molecule has 2 fully saturated rings. The fraction of sp³-hybridized carbons (Fsp3) is 0.615. The average Bonchev–Trinajstić information content (AvgIpc) is 2.74. The molecule has 2 aliphatic rings. The minimum atomic E-state index is -0.339. The van der Waals surface area contributed by atoms with Gasteiger partial charge in [0.05, 0.1) is 12.8 Å². The van der Waals surface area contributed by atoms with Crippen LogP contribution >= 0.6 is 0 Å². The summed E-state index contributed by atoms with van der Waals surface area (Å²) in [6.45, 7) is 1.98. The highest BCUT2D eigenvalue weighted by Crippen LogP contribution is 2.46. The Morgan fingerprint density at radius 2 is 2.50 bits per heavy atom. The van der Waals surface area contributed by atoms with Gasteiger partial charge < -0.3 is 10.1 Å². The number of nitrogens with zero attached hydrogens (tertiary/aromatic N) is 2. The van der Waals surface area contributed by atoms with Crippen molar-refractivity contribution in [1.82, 2.24) is 15.3 Å². The van der Waals surface area contributed by atoms with Crippen LogP contribution in [0.25, 0.3) is 0 Å². The number of rotatable bonds is 2. The third kappa shape index (κ3) is 1.70. The van der Waals surface area contributed by atoms with Crippen molar-refractivity contribution in [1.29, 1.82) is 0 Å². The van der Waals surface area contributed by atoms with E-state index in [1.165, 1.54) is 19.9 Å². The minimum absolute atomic E-state index is 0.00458. The average molecular weight is 247 g/mol. The molecular weight excluding hydrogens is 230 g/mol. The Morgan fingerprint density at radius 3 is 3.33 bits per heavy atom. The third-order valence-electron chi connectivity index (χ3n) is 4.23. The molecular formula is C13H17N3O2. The molecule has 5 nitrogen and oxygen atoms in total. The van der Waals surface area contributed by atoms with Crippen LogP contribution in [0.1, 0.15) is 35.3 Å². The van der Waals surface area contributed by atoms with E-state index < -0.39 is 0 Å². The number of aromatic nitrogens is 2. The molecule has 1 aromatic rings. The van der Waals surface area contributed by atoms with E-state index in [9.17, 15) is 4.79 Å². The van der Waals surface area contributed by atoms with Gasteiger partial charge in [-0.2, -0.15) is 0 Å². The Morgan fingerprint density at radius 1 is 1.61 bits per heavy atom. The molecule has 2 bridgehead atoms. The van der Waals surface area contributed by atoms with Gasteiger partial charge in [-0.15, -0.1) is 0 Å². The Balaban J connectivity index is 2.04. The molecule has 1 aromatic heterocycles. The number of ether oxygens (including phenoxy) is 1. The molecule has 0 radical (unpaired) electrons. The second-order valence-corrected chi connectivity index (χ2v) is 5.30. The van der Waals surface area contributed by atoms with Crippen LogP contribution in [0.3, 0.4) is 0 Å². The molecule has 1 N–H and O–H groups in total. The summed E-state index contributed by atoms with van der Waals surface area (Å²) < 4.78 is 4.83. The molecule has 0 aromatic carbocycles. The lowest BCUT2D eigenvalue weighted by Gasteiger charge is -2.34. The monoisotopic (exact) mass is 247 g/mol. The first-order valence-corrected chi connectivity index (χ1v) is 6.35. The number of carbonyl (C=O) groups is 1. The first-order chi connectivity index (χ1) is 8.75. The molecule has 0 amide bonds. The molecule has 1 saturated heterocycles. The topological polar surface area (TPSA) is 64.1 Å². The van der Waals surface area contributed by atoms with Gasteiger partial charge in [-0.3, -0.25) is 0 Å². The lowest BCUT2D eigenvalue weighted by molar-refractivity contribution is 0.0595. The van der Waals surface area contributed by atoms with Gasteiger partial charge in [-0.1, -0.05) is 0 Å². The number of hydrogen-bond donors (Lipinski definition) is 1. The van der Waals surface area contributed by atoms with Crippen LogP contribution in [0, 0.1) is 5.92 Å². The third-order valence-corrected chi connectivity index (χ3v) is 4.23. The number of carbonyl (C=O) groups excluding carboxylic acids is 1. The van der Waals surface area contributed by atoms with Gasteiger partial charge in [0.25, 0.3) is 0 Å². The lowest BCUT2D eigenvalue weighted by Crippen LogP contribution is -2.43. The van der Waals surface area contributed by atoms with E-state index in [-0.39, 0.29) is 11.4 Å². The van der Waals surface area contributed by atoms with Crippen LogP contribution in [0.5, 0.6) is 0 Å². The molecule has 2 heterocycles. The molecule has 2 unspecified atom stereocenters. The summed E-state index contributed by atoms with van der Waals surface area (Å²) in [5.41, 5.74) is 1.37. The fourth-order valence-electron chi connectivity index (χ4n) is 3.40. The quantitative estimate of drug-likeness (QED) is 0.787. The van der Waals surface area contributed by atoms with Gasteiger partial charge in [-0.05, 0) is 31.7 Å². The van der Waals surface area contributed by atoms with Crippen molar-refractivity contribution in [3.05, 3.63) is 23.8 Å². The first kappa shape index (κ1) is 11.6. The van der Waals surface area contributed by atoms with Crippen LogP contribution in [0.2, 0.25) is 0 Å². The van der Waals surface area contributed by atoms with Gasteiger partial charge in [-0.25, -0.2) is 14.8 Å². The van der Waals surface area contributed by atoms with Gasteiger partial charge in [0.1, 0.15) is 11.9 Å². The van der Waals surface area contributed by atoms with Crippen molar-refractivity contribution in [2.45, 2.75) is 24.7 Å². The molecule has 96 valence electrons. The van der Waals surface area contributed by atoms with Gasteiger partial charge in [0.2, 0.25) is 0 Å². The van der Waals surface area contributed by atoms with Crippen molar-refractivity contribution in [3.63, 3.8) is 0 Å². The molecule has 1 aliphatic carbocycles. The number of methoxy groups -OCH3 is 1. The van der Waals surface area contributed by atoms with E-state index in [1.54, 1.807) is 6.20 Å². The highest BCUT2D eigenvalue weighted by Gasteiger charge is 2.46. The van der Waals surface area contributed by atoms with Crippen LogP contribution in [-0.2, 0) is 10.2 Å². The highest BCUT2D eigenvalue weighted by molar-refractivity contribution is 5.90. The SMILES string of the molecule is COC(=O)c1cncnc1C12CCC(CNC1)C2. The zero-order chi connectivity index (χ0) is 12.6. The standard InChI is InChI=1S/C13H17N3O2/c1-18-12(17)10-6-15-8-16-11(10)13-3-2-9(4-13)5-14-7-13/h6,8-9,14H,2-5,7H2,1H3. The van der Waals surface area contributed by atoms with E-state index in [0.717, 1.165) is 31.6 Å². The Labute approximate surface area is 106 Å². The summed E-state index contributed by atoms with van der Waals surface area (Å²) in [6.07, 6.45) is 6.51. The van der Waals surface area contributed by atoms with Crippen LogP contribution in [-0.4, -0.2) is 36.1 Å². The van der Waals surface area contributed by atoms with Gasteiger partial charge in [0.15, 0.2) is 0 Å². The molecule has 0 spiro atoms. The maximum absolute atomic E-state index is 11.8. The second-order valence-electron chi connectivity index (χ2n) is 5.30. The molecule has 1 saturated carbocycles. The molecule has 18 heavy (non-hydrogen) atoms. The zero-order valence-electron chi connectivity index (χ0n) is 10.5. The fourth-order valence-corrected chi connectivity index (χ4v) is 3.40. The molecule has 5 heteroatoms. The number of fused-ring (bicyclic) bond motifs is 2. The van der Waals surface area contributed by atoms with Crippen molar-refractivity contribution < 1.29 is 9.53 Å². The first-order valence-electron chi connectivity index (χ1n) is 6.35. The van der Waals surface area contributed by atoms with Crippen LogP contribution in [0.15, 0.2) is 12.5 Å². The lowest BCUT2D eigenvalue weighted by atomic mass is 9.78. The largest absolute Gasteiger partial charge is 0.465 e. The van der Waals surface area contributed by atoms with E-state index in [1.807, 2.05) is 0 Å². The summed E-state index contributed by atoms with van der Waals surface area (Å²) in [5.74, 6) is 0.369. The highest BCUT2D eigenvalue weighted by atomic mass is 16.5. The number of piperidine rings is 1. The number of esters is 1. The maximum Gasteiger partial charge on any atom is 0.341 e. The minimum Gasteiger partial charge on any atom is -0.465 e. The summed E-state index contributed by atoms with van der Waals surface area (Å²) in [7, 11) is 1.40.